The molecule has 0 radical (unpaired) electrons. The van der Waals surface area contributed by atoms with Crippen molar-refractivity contribution in [1.29, 1.82) is 0 Å². The highest BCUT2D eigenvalue weighted by molar-refractivity contribution is 7.15. The highest BCUT2D eigenvalue weighted by Crippen LogP contribution is 2.29. The minimum atomic E-state index is -0.298. The number of thiazole rings is 1. The Morgan fingerprint density at radius 2 is 1.84 bits per heavy atom. The topological polar surface area (TPSA) is 60.4 Å². The minimum absolute atomic E-state index is 0.273. The molecule has 3 aromatic heterocycles. The average molecular weight is 450 g/mol. The van der Waals surface area contributed by atoms with Crippen LogP contribution in [0.25, 0.3) is 34.5 Å². The van der Waals surface area contributed by atoms with Crippen LogP contribution in [0, 0.1) is 5.82 Å². The van der Waals surface area contributed by atoms with E-state index < -0.39 is 0 Å². The summed E-state index contributed by atoms with van der Waals surface area (Å²) in [6.07, 6.45) is 5.10. The van der Waals surface area contributed by atoms with Crippen LogP contribution < -0.4 is 10.1 Å². The second-order valence-electron chi connectivity index (χ2n) is 6.65. The van der Waals surface area contributed by atoms with Crippen LogP contribution in [-0.2, 0) is 0 Å². The molecule has 0 aliphatic heterocycles. The van der Waals surface area contributed by atoms with Crippen LogP contribution in [0.5, 0.6) is 0 Å². The van der Waals surface area contributed by atoms with Gasteiger partial charge >= 0.3 is 0 Å². The maximum Gasteiger partial charge on any atom is 0.291 e. The van der Waals surface area contributed by atoms with Crippen LogP contribution in [0.3, 0.4) is 0 Å². The van der Waals surface area contributed by atoms with E-state index in [9.17, 15) is 9.18 Å². The van der Waals surface area contributed by atoms with Gasteiger partial charge in [0.15, 0.2) is 5.82 Å². The van der Waals surface area contributed by atoms with Crippen molar-refractivity contribution in [2.45, 2.75) is 0 Å². The molecule has 8 heteroatoms. The summed E-state index contributed by atoms with van der Waals surface area (Å²) in [4.78, 5) is 17.6. The Kier molecular flexibility index (Phi) is 4.97. The van der Waals surface area contributed by atoms with Crippen molar-refractivity contribution in [1.82, 2.24) is 14.6 Å². The summed E-state index contributed by atoms with van der Waals surface area (Å²) in [7, 11) is 0. The highest BCUT2D eigenvalue weighted by Gasteiger charge is 2.11. The van der Waals surface area contributed by atoms with Gasteiger partial charge in [0.25, 0.3) is 5.56 Å². The molecule has 0 saturated heterocycles. The largest absolute Gasteiger partial charge is 0.457 e. The van der Waals surface area contributed by atoms with Gasteiger partial charge in [0.05, 0.1) is 5.02 Å². The predicted molar refractivity (Wildman–Crippen MR) is 120 cm³/mol. The molecule has 2 aromatic carbocycles. The Balaban J connectivity index is 1.44. The second-order valence-corrected chi connectivity index (χ2v) is 8.06. The van der Waals surface area contributed by atoms with Gasteiger partial charge < -0.3 is 4.42 Å². The molecule has 0 saturated carbocycles. The molecule has 0 aliphatic carbocycles. The minimum Gasteiger partial charge on any atom is -0.457 e. The molecule has 152 valence electrons. The Morgan fingerprint density at radius 3 is 2.61 bits per heavy atom. The van der Waals surface area contributed by atoms with Crippen molar-refractivity contribution in [3.8, 4) is 11.3 Å². The van der Waals surface area contributed by atoms with Crippen LogP contribution in [0.4, 0.5) is 4.39 Å². The smallest absolute Gasteiger partial charge is 0.291 e. The summed E-state index contributed by atoms with van der Waals surface area (Å²) in [6, 6.07) is 17.0. The Labute approximate surface area is 184 Å². The number of benzene rings is 2. The van der Waals surface area contributed by atoms with Gasteiger partial charge in [-0.2, -0.15) is 9.50 Å². The van der Waals surface area contributed by atoms with Crippen molar-refractivity contribution in [3.05, 3.63) is 104 Å². The summed E-state index contributed by atoms with van der Waals surface area (Å²) in [5, 5.41) is 4.84. The highest BCUT2D eigenvalue weighted by atomic mass is 35.5. The molecule has 5 nitrogen and oxygen atoms in total. The maximum atomic E-state index is 13.0. The van der Waals surface area contributed by atoms with Crippen LogP contribution in [-0.4, -0.2) is 14.6 Å². The number of nitrogens with zero attached hydrogens (tertiary/aromatic N) is 3. The summed E-state index contributed by atoms with van der Waals surface area (Å²) in [5.74, 6) is 1.26. The van der Waals surface area contributed by atoms with Crippen LogP contribution in [0.15, 0.2) is 69.9 Å². The Hall–Kier alpha value is -3.55. The SMILES string of the molecule is O=c1/c(=C/c2ccc(-c3ccccc3Cl)o2)sc2nc(/C=C/c3ccc(F)cc3)nn12. The number of fused-ring (bicyclic) bond motifs is 1. The van der Waals surface area contributed by atoms with Gasteiger partial charge in [-0.05, 0) is 48.0 Å². The van der Waals surface area contributed by atoms with E-state index in [4.69, 9.17) is 16.0 Å². The van der Waals surface area contributed by atoms with Gasteiger partial charge in [-0.15, -0.1) is 5.10 Å². The van der Waals surface area contributed by atoms with Crippen molar-refractivity contribution < 1.29 is 8.81 Å². The first-order valence-electron chi connectivity index (χ1n) is 9.26. The lowest BCUT2D eigenvalue weighted by Crippen LogP contribution is -2.23. The molecule has 31 heavy (non-hydrogen) atoms. The van der Waals surface area contributed by atoms with Crippen LogP contribution in [0.2, 0.25) is 5.02 Å². The fourth-order valence-corrected chi connectivity index (χ4v) is 4.15. The molecule has 0 aliphatic rings. The Bertz CT molecular complexity index is 1530. The van der Waals surface area contributed by atoms with Crippen LogP contribution >= 0.6 is 22.9 Å². The van der Waals surface area contributed by atoms with E-state index in [1.54, 1.807) is 42.5 Å². The zero-order valence-corrected chi connectivity index (χ0v) is 17.4. The molecular formula is C23H13ClFN3O2S. The summed E-state index contributed by atoms with van der Waals surface area (Å²) < 4.78 is 20.6. The normalized spacial score (nSPS) is 12.4. The molecule has 0 amide bonds. The lowest BCUT2D eigenvalue weighted by Gasteiger charge is -1.98. The van der Waals surface area contributed by atoms with Crippen molar-refractivity contribution in [2.24, 2.45) is 0 Å². The number of hydrogen-bond donors (Lipinski definition) is 0. The van der Waals surface area contributed by atoms with Crippen molar-refractivity contribution in [3.63, 3.8) is 0 Å². The van der Waals surface area contributed by atoms with E-state index in [1.165, 1.54) is 28.0 Å². The third-order valence-electron chi connectivity index (χ3n) is 4.53. The molecule has 5 aromatic rings. The molecule has 5 rings (SSSR count). The average Bonchev–Trinajstić information content (AvgIpc) is 3.46. The van der Waals surface area contributed by atoms with Gasteiger partial charge in [-0.1, -0.05) is 53.3 Å². The third-order valence-corrected chi connectivity index (χ3v) is 5.82. The third kappa shape index (κ3) is 3.93. The monoisotopic (exact) mass is 449 g/mol. The number of halogens is 2. The summed E-state index contributed by atoms with van der Waals surface area (Å²) in [5.41, 5.74) is 1.32. The molecule has 0 fully saturated rings. The summed E-state index contributed by atoms with van der Waals surface area (Å²) >= 11 is 7.44. The predicted octanol–water partition coefficient (Wildman–Crippen LogP) is 4.92. The number of hydrogen-bond acceptors (Lipinski definition) is 5. The van der Waals surface area contributed by atoms with Gasteiger partial charge in [0.2, 0.25) is 4.96 Å². The quantitative estimate of drug-likeness (QED) is 0.390. The molecular weight excluding hydrogens is 437 g/mol. The molecule has 3 heterocycles. The van der Waals surface area contributed by atoms with E-state index in [0.717, 1.165) is 11.1 Å². The fourth-order valence-electron chi connectivity index (χ4n) is 3.03. The maximum absolute atomic E-state index is 13.0. The van der Waals surface area contributed by atoms with E-state index >= 15 is 0 Å². The number of rotatable bonds is 4. The molecule has 0 atom stereocenters. The number of furan rings is 1. The van der Waals surface area contributed by atoms with E-state index in [0.29, 0.717) is 31.9 Å². The fraction of sp³-hybridized carbons (Fsp3) is 0. The Morgan fingerprint density at radius 1 is 1.03 bits per heavy atom. The lowest BCUT2D eigenvalue weighted by molar-refractivity contribution is 0.571. The lowest BCUT2D eigenvalue weighted by atomic mass is 10.2. The van der Waals surface area contributed by atoms with Crippen molar-refractivity contribution in [2.75, 3.05) is 0 Å². The van der Waals surface area contributed by atoms with Gasteiger partial charge in [-0.3, -0.25) is 4.79 Å². The molecule has 0 spiro atoms. The van der Waals surface area contributed by atoms with Gasteiger partial charge in [0, 0.05) is 11.6 Å². The number of aromatic nitrogens is 3. The van der Waals surface area contributed by atoms with Crippen molar-refractivity contribution >= 4 is 46.1 Å². The first-order valence-corrected chi connectivity index (χ1v) is 10.5. The molecule has 0 unspecified atom stereocenters. The van der Waals surface area contributed by atoms with Crippen LogP contribution in [0.1, 0.15) is 17.1 Å². The molecule has 0 bridgehead atoms. The van der Waals surface area contributed by atoms with E-state index in [-0.39, 0.29) is 11.4 Å². The first kappa shape index (κ1) is 19.4. The molecule has 0 N–H and O–H groups in total. The zero-order valence-electron chi connectivity index (χ0n) is 15.8. The van der Waals surface area contributed by atoms with E-state index in [1.807, 2.05) is 24.3 Å². The standard InChI is InChI=1S/C23H13ClFN3O2S/c24-18-4-2-1-3-17(18)19-11-10-16(30-19)13-20-22(29)28-23(31-20)26-21(27-28)12-7-14-5-8-15(25)9-6-14/h1-13H/b12-7+,20-13-. The second kappa shape index (κ2) is 7.94. The van der Waals surface area contributed by atoms with E-state index in [2.05, 4.69) is 10.1 Å². The van der Waals surface area contributed by atoms with Gasteiger partial charge in [0.1, 0.15) is 21.9 Å². The summed E-state index contributed by atoms with van der Waals surface area (Å²) in [6.45, 7) is 0. The first-order chi connectivity index (χ1) is 15.1. The van der Waals surface area contributed by atoms with Gasteiger partial charge in [-0.25, -0.2) is 4.39 Å². The zero-order chi connectivity index (χ0) is 21.4.